The van der Waals surface area contributed by atoms with E-state index in [1.54, 1.807) is 17.8 Å². The molecule has 0 aliphatic heterocycles. The molecule has 1 aliphatic rings. The van der Waals surface area contributed by atoms with Crippen molar-refractivity contribution in [2.45, 2.75) is 29.7 Å². The summed E-state index contributed by atoms with van der Waals surface area (Å²) in [7, 11) is 0. The van der Waals surface area contributed by atoms with Gasteiger partial charge >= 0.3 is 0 Å². The Hall–Kier alpha value is -0.540. The van der Waals surface area contributed by atoms with E-state index in [0.717, 1.165) is 23.3 Å². The molecular formula is C11H14FNS. The summed E-state index contributed by atoms with van der Waals surface area (Å²) >= 11 is 1.55. The van der Waals surface area contributed by atoms with Gasteiger partial charge in [0.25, 0.3) is 0 Å². The van der Waals surface area contributed by atoms with Gasteiger partial charge in [0.15, 0.2) is 0 Å². The Morgan fingerprint density at radius 1 is 1.50 bits per heavy atom. The largest absolute Gasteiger partial charge is 0.325 e. The second-order valence-electron chi connectivity index (χ2n) is 4.00. The summed E-state index contributed by atoms with van der Waals surface area (Å²) in [4.78, 5) is 0.966. The molecule has 0 radical (unpaired) electrons. The zero-order valence-electron chi connectivity index (χ0n) is 8.22. The van der Waals surface area contributed by atoms with Gasteiger partial charge in [0, 0.05) is 10.4 Å². The summed E-state index contributed by atoms with van der Waals surface area (Å²) in [5, 5.41) is 0. The molecule has 0 saturated heterocycles. The van der Waals surface area contributed by atoms with E-state index in [2.05, 4.69) is 0 Å². The maximum absolute atomic E-state index is 13.5. The van der Waals surface area contributed by atoms with Crippen molar-refractivity contribution in [1.82, 2.24) is 0 Å². The van der Waals surface area contributed by atoms with Crippen molar-refractivity contribution in [2.24, 2.45) is 5.73 Å². The van der Waals surface area contributed by atoms with Crippen molar-refractivity contribution in [2.75, 3.05) is 6.26 Å². The fourth-order valence-corrected chi connectivity index (χ4v) is 1.94. The third-order valence-electron chi connectivity index (χ3n) is 2.69. The van der Waals surface area contributed by atoms with Gasteiger partial charge < -0.3 is 5.73 Å². The molecular weight excluding hydrogens is 197 g/mol. The second-order valence-corrected chi connectivity index (χ2v) is 4.88. The van der Waals surface area contributed by atoms with Gasteiger partial charge in [-0.25, -0.2) is 4.39 Å². The van der Waals surface area contributed by atoms with Crippen LogP contribution in [0.15, 0.2) is 23.1 Å². The van der Waals surface area contributed by atoms with E-state index >= 15 is 0 Å². The molecule has 0 unspecified atom stereocenters. The lowest BCUT2D eigenvalue weighted by molar-refractivity contribution is 0.579. The molecule has 0 aromatic heterocycles. The zero-order valence-corrected chi connectivity index (χ0v) is 9.03. The fraction of sp³-hybridized carbons (Fsp3) is 0.455. The predicted molar refractivity (Wildman–Crippen MR) is 58.0 cm³/mol. The first kappa shape index (κ1) is 9.99. The van der Waals surface area contributed by atoms with Crippen LogP contribution in [0.3, 0.4) is 0 Å². The maximum Gasteiger partial charge on any atom is 0.127 e. The smallest absolute Gasteiger partial charge is 0.127 e. The van der Waals surface area contributed by atoms with Gasteiger partial charge in [-0.15, -0.1) is 11.8 Å². The van der Waals surface area contributed by atoms with Crippen LogP contribution in [-0.2, 0) is 6.42 Å². The molecule has 0 heterocycles. The first-order chi connectivity index (χ1) is 6.63. The first-order valence-electron chi connectivity index (χ1n) is 4.74. The molecule has 2 N–H and O–H groups in total. The van der Waals surface area contributed by atoms with Crippen LogP contribution in [0, 0.1) is 5.82 Å². The minimum absolute atomic E-state index is 0.109. The van der Waals surface area contributed by atoms with Crippen molar-refractivity contribution < 1.29 is 4.39 Å². The molecule has 1 fully saturated rings. The van der Waals surface area contributed by atoms with Crippen molar-refractivity contribution in [3.8, 4) is 0 Å². The highest BCUT2D eigenvalue weighted by Crippen LogP contribution is 2.36. The van der Waals surface area contributed by atoms with E-state index in [1.165, 1.54) is 0 Å². The van der Waals surface area contributed by atoms with Crippen LogP contribution in [0.1, 0.15) is 18.4 Å². The van der Waals surface area contributed by atoms with E-state index in [1.807, 2.05) is 18.4 Å². The second kappa shape index (κ2) is 3.55. The molecule has 1 nitrogen and oxygen atoms in total. The topological polar surface area (TPSA) is 26.0 Å². The van der Waals surface area contributed by atoms with Gasteiger partial charge in [-0.3, -0.25) is 0 Å². The van der Waals surface area contributed by atoms with Crippen molar-refractivity contribution in [1.29, 1.82) is 0 Å². The quantitative estimate of drug-likeness (QED) is 0.778. The molecule has 1 aromatic carbocycles. The zero-order chi connectivity index (χ0) is 10.2. The Labute approximate surface area is 87.9 Å². The molecule has 1 aromatic rings. The molecule has 3 heteroatoms. The monoisotopic (exact) mass is 211 g/mol. The van der Waals surface area contributed by atoms with Gasteiger partial charge in [-0.2, -0.15) is 0 Å². The number of benzene rings is 1. The molecule has 0 bridgehead atoms. The lowest BCUT2D eigenvalue weighted by Crippen LogP contribution is -2.24. The summed E-state index contributed by atoms with van der Waals surface area (Å²) in [5.74, 6) is -0.117. The number of hydrogen-bond acceptors (Lipinski definition) is 2. The van der Waals surface area contributed by atoms with Crippen LogP contribution in [0.2, 0.25) is 0 Å². The summed E-state index contributed by atoms with van der Waals surface area (Å²) in [5.41, 5.74) is 6.59. The van der Waals surface area contributed by atoms with E-state index in [0.29, 0.717) is 6.42 Å². The molecule has 0 spiro atoms. The maximum atomic E-state index is 13.5. The van der Waals surface area contributed by atoms with Gasteiger partial charge in [0.05, 0.1) is 0 Å². The normalized spacial score (nSPS) is 18.2. The summed E-state index contributed by atoms with van der Waals surface area (Å²) in [6.07, 6.45) is 4.67. The fourth-order valence-electron chi connectivity index (χ4n) is 1.52. The lowest BCUT2D eigenvalue weighted by atomic mass is 10.0. The minimum atomic E-state index is -0.117. The van der Waals surface area contributed by atoms with E-state index in [9.17, 15) is 4.39 Å². The van der Waals surface area contributed by atoms with Crippen molar-refractivity contribution >= 4 is 11.8 Å². The molecule has 14 heavy (non-hydrogen) atoms. The molecule has 76 valence electrons. The van der Waals surface area contributed by atoms with Gasteiger partial charge in [-0.1, -0.05) is 6.07 Å². The van der Waals surface area contributed by atoms with Crippen LogP contribution in [0.25, 0.3) is 0 Å². The molecule has 0 amide bonds. The third kappa shape index (κ3) is 2.10. The average molecular weight is 211 g/mol. The predicted octanol–water partition coefficient (Wildman–Crippen LogP) is 2.58. The van der Waals surface area contributed by atoms with E-state index < -0.39 is 0 Å². The van der Waals surface area contributed by atoms with E-state index in [4.69, 9.17) is 5.73 Å². The highest BCUT2D eigenvalue weighted by atomic mass is 32.2. The van der Waals surface area contributed by atoms with Crippen LogP contribution in [0.5, 0.6) is 0 Å². The number of thioether (sulfide) groups is 1. The third-order valence-corrected chi connectivity index (χ3v) is 3.42. The van der Waals surface area contributed by atoms with Crippen LogP contribution in [0.4, 0.5) is 4.39 Å². The van der Waals surface area contributed by atoms with Gasteiger partial charge in [-0.05, 0) is 43.2 Å². The Bertz CT molecular complexity index is 347. The summed E-state index contributed by atoms with van der Waals surface area (Å²) in [6, 6.07) is 5.40. The molecule has 1 aliphatic carbocycles. The Kier molecular flexibility index (Phi) is 2.54. The number of halogens is 1. The standard InChI is InChI=1S/C11H14FNS/c1-14-9-3-2-8(10(12)6-9)7-11(13)4-5-11/h2-3,6H,4-5,7,13H2,1H3. The number of hydrogen-bond donors (Lipinski definition) is 1. The van der Waals surface area contributed by atoms with Gasteiger partial charge in [0.1, 0.15) is 5.82 Å². The average Bonchev–Trinajstić information content (AvgIpc) is 2.88. The van der Waals surface area contributed by atoms with Crippen molar-refractivity contribution in [3.63, 3.8) is 0 Å². The Morgan fingerprint density at radius 2 is 2.21 bits per heavy atom. The summed E-state index contributed by atoms with van der Waals surface area (Å²) < 4.78 is 13.5. The molecule has 2 rings (SSSR count). The van der Waals surface area contributed by atoms with Crippen LogP contribution in [-0.4, -0.2) is 11.8 Å². The Morgan fingerprint density at radius 3 is 2.71 bits per heavy atom. The number of nitrogens with two attached hydrogens (primary N) is 1. The molecule has 0 atom stereocenters. The lowest BCUT2D eigenvalue weighted by Gasteiger charge is -2.09. The van der Waals surface area contributed by atoms with E-state index in [-0.39, 0.29) is 11.4 Å². The minimum Gasteiger partial charge on any atom is -0.325 e. The van der Waals surface area contributed by atoms with Crippen LogP contribution >= 0.6 is 11.8 Å². The number of rotatable bonds is 3. The molecule has 1 saturated carbocycles. The highest BCUT2D eigenvalue weighted by Gasteiger charge is 2.38. The highest BCUT2D eigenvalue weighted by molar-refractivity contribution is 7.98. The summed E-state index contributed by atoms with van der Waals surface area (Å²) in [6.45, 7) is 0. The first-order valence-corrected chi connectivity index (χ1v) is 5.97. The van der Waals surface area contributed by atoms with Crippen molar-refractivity contribution in [3.05, 3.63) is 29.6 Å². The van der Waals surface area contributed by atoms with Gasteiger partial charge in [0.2, 0.25) is 0 Å². The SMILES string of the molecule is CSc1ccc(CC2(N)CC2)c(F)c1. The van der Waals surface area contributed by atoms with Crippen LogP contribution < -0.4 is 5.73 Å². The Balaban J connectivity index is 2.17.